The summed E-state index contributed by atoms with van der Waals surface area (Å²) >= 11 is 6.58. The first-order valence-electron chi connectivity index (χ1n) is 12.0. The summed E-state index contributed by atoms with van der Waals surface area (Å²) in [6.07, 6.45) is 5.69. The lowest BCUT2D eigenvalue weighted by Gasteiger charge is -2.17. The van der Waals surface area contributed by atoms with Crippen LogP contribution in [0.3, 0.4) is 0 Å². The average Bonchev–Trinajstić information content (AvgIpc) is 3.46. The van der Waals surface area contributed by atoms with Crippen LogP contribution in [-0.2, 0) is 22.6 Å². The summed E-state index contributed by atoms with van der Waals surface area (Å²) in [6.45, 7) is 9.27. The first kappa shape index (κ1) is 23.0. The van der Waals surface area contributed by atoms with Crippen LogP contribution in [-0.4, -0.2) is 21.4 Å². The zero-order chi connectivity index (χ0) is 24.4. The number of carbonyl (C=O) groups excluding carboxylic acids is 2. The van der Waals surface area contributed by atoms with Gasteiger partial charge in [0.25, 0.3) is 0 Å². The number of nitrogens with one attached hydrogen (secondary N) is 1. The van der Waals surface area contributed by atoms with Crippen LogP contribution in [0.15, 0.2) is 24.9 Å². The van der Waals surface area contributed by atoms with Crippen molar-refractivity contribution >= 4 is 34.9 Å². The molecule has 0 unspecified atom stereocenters. The minimum absolute atomic E-state index is 0.0231. The molecule has 0 saturated heterocycles. The number of hydrogen-bond acceptors (Lipinski definition) is 4. The van der Waals surface area contributed by atoms with Gasteiger partial charge < -0.3 is 21.4 Å². The first-order chi connectivity index (χ1) is 16.0. The Morgan fingerprint density at radius 2 is 1.76 bits per heavy atom. The molecular formula is C26H32ClN5O2. The van der Waals surface area contributed by atoms with E-state index < -0.39 is 0 Å². The molecule has 3 heterocycles. The molecule has 2 amide bonds. The van der Waals surface area contributed by atoms with Crippen LogP contribution in [0.5, 0.6) is 0 Å². The van der Waals surface area contributed by atoms with Crippen LogP contribution in [0.2, 0.25) is 5.02 Å². The van der Waals surface area contributed by atoms with Crippen LogP contribution in [0.1, 0.15) is 50.9 Å². The monoisotopic (exact) mass is 481 g/mol. The van der Waals surface area contributed by atoms with Crippen LogP contribution in [0.4, 0.5) is 5.82 Å². The quantitative estimate of drug-likeness (QED) is 0.593. The summed E-state index contributed by atoms with van der Waals surface area (Å²) < 4.78 is 2.23. The van der Waals surface area contributed by atoms with E-state index in [1.807, 2.05) is 12.1 Å². The van der Waals surface area contributed by atoms with Gasteiger partial charge in [0, 0.05) is 47.1 Å². The van der Waals surface area contributed by atoms with E-state index in [9.17, 15) is 9.59 Å². The van der Waals surface area contributed by atoms with E-state index in [0.29, 0.717) is 28.4 Å². The van der Waals surface area contributed by atoms with Crippen molar-refractivity contribution in [1.82, 2.24) is 9.55 Å². The smallest absolute Gasteiger partial charge is 0.228 e. The topological polar surface area (TPSA) is 116 Å². The third-order valence-electron chi connectivity index (χ3n) is 7.96. The predicted molar refractivity (Wildman–Crippen MR) is 134 cm³/mol. The van der Waals surface area contributed by atoms with Gasteiger partial charge in [-0.2, -0.15) is 0 Å². The highest BCUT2D eigenvalue weighted by Gasteiger charge is 2.45. The molecule has 2 aliphatic carbocycles. The summed E-state index contributed by atoms with van der Waals surface area (Å²) in [5, 5.41) is 3.53. The van der Waals surface area contributed by atoms with Gasteiger partial charge in [0.2, 0.25) is 11.8 Å². The second-order valence-corrected chi connectivity index (χ2v) is 11.5. The van der Waals surface area contributed by atoms with Gasteiger partial charge in [-0.05, 0) is 61.5 Å². The van der Waals surface area contributed by atoms with Crippen molar-refractivity contribution in [3.05, 3.63) is 41.3 Å². The molecule has 4 atom stereocenters. The zero-order valence-electron chi connectivity index (χ0n) is 19.7. The molecule has 0 aromatic carbocycles. The number of nitrogens with zero attached hydrogens (tertiary/aromatic N) is 2. The van der Waals surface area contributed by atoms with Crippen molar-refractivity contribution in [3.63, 3.8) is 0 Å². The summed E-state index contributed by atoms with van der Waals surface area (Å²) in [5.41, 5.74) is 16.1. The maximum absolute atomic E-state index is 13.1. The molecule has 2 aromatic rings. The normalized spacial score (nSPS) is 26.8. The number of nitrogens with two attached hydrogens (primary N) is 2. The van der Waals surface area contributed by atoms with Gasteiger partial charge in [0.05, 0.1) is 10.7 Å². The van der Waals surface area contributed by atoms with Gasteiger partial charge in [-0.25, -0.2) is 4.98 Å². The number of halogens is 1. The molecule has 1 aliphatic heterocycles. The van der Waals surface area contributed by atoms with E-state index in [-0.39, 0.29) is 29.1 Å². The van der Waals surface area contributed by atoms with E-state index in [0.717, 1.165) is 55.5 Å². The molecular weight excluding hydrogens is 450 g/mol. The fourth-order valence-corrected chi connectivity index (χ4v) is 6.61. The van der Waals surface area contributed by atoms with Crippen molar-refractivity contribution in [2.45, 2.75) is 52.5 Å². The van der Waals surface area contributed by atoms with Crippen LogP contribution in [0.25, 0.3) is 16.8 Å². The van der Waals surface area contributed by atoms with E-state index in [4.69, 9.17) is 23.1 Å². The Hall–Kier alpha value is -2.80. The van der Waals surface area contributed by atoms with Gasteiger partial charge in [0.1, 0.15) is 5.82 Å². The Morgan fingerprint density at radius 3 is 2.38 bits per heavy atom. The number of rotatable bonds is 5. The summed E-state index contributed by atoms with van der Waals surface area (Å²) in [4.78, 5) is 28.9. The number of pyridine rings is 1. The van der Waals surface area contributed by atoms with E-state index in [2.05, 4.69) is 35.3 Å². The number of anilines is 1. The predicted octanol–water partition coefficient (Wildman–Crippen LogP) is 4.19. The van der Waals surface area contributed by atoms with Crippen molar-refractivity contribution in [2.75, 3.05) is 5.32 Å². The highest BCUT2D eigenvalue weighted by atomic mass is 35.5. The number of carbonyl (C=O) groups is 2. The van der Waals surface area contributed by atoms with Crippen molar-refractivity contribution in [1.29, 1.82) is 0 Å². The second-order valence-electron chi connectivity index (χ2n) is 11.1. The fraction of sp³-hybridized carbons (Fsp3) is 0.500. The zero-order valence-corrected chi connectivity index (χ0v) is 20.5. The third kappa shape index (κ3) is 4.00. The van der Waals surface area contributed by atoms with Gasteiger partial charge >= 0.3 is 0 Å². The van der Waals surface area contributed by atoms with Crippen LogP contribution in [0, 0.1) is 29.1 Å². The van der Waals surface area contributed by atoms with Gasteiger partial charge in [-0.1, -0.05) is 32.0 Å². The Bertz CT molecular complexity index is 1190. The lowest BCUT2D eigenvalue weighted by molar-refractivity contribution is -0.121. The van der Waals surface area contributed by atoms with Crippen LogP contribution < -0.4 is 16.8 Å². The molecule has 8 heteroatoms. The minimum Gasteiger partial charge on any atom is -0.398 e. The SMILES string of the molecule is C=C(N)c1cc(-c2cc(NC(=O)[C@@H]3C[C@H]4C[C@H](C(N)=O)C[C@H]4C3)ncc2Cl)c2n1CC(C)(C)C2. The Balaban J connectivity index is 1.36. The number of fused-ring (bicyclic) bond motifs is 2. The third-order valence-corrected chi connectivity index (χ3v) is 8.26. The molecule has 2 aromatic heterocycles. The molecule has 180 valence electrons. The van der Waals surface area contributed by atoms with E-state index in [1.54, 1.807) is 6.20 Å². The van der Waals surface area contributed by atoms with Gasteiger partial charge in [0.15, 0.2) is 0 Å². The Kier molecular flexibility index (Phi) is 5.51. The maximum Gasteiger partial charge on any atom is 0.228 e. The molecule has 2 fully saturated rings. The highest BCUT2D eigenvalue weighted by molar-refractivity contribution is 6.33. The molecule has 2 saturated carbocycles. The Morgan fingerprint density at radius 1 is 1.12 bits per heavy atom. The van der Waals surface area contributed by atoms with Crippen molar-refractivity contribution < 1.29 is 9.59 Å². The second kappa shape index (κ2) is 8.15. The maximum atomic E-state index is 13.1. The molecule has 3 aliphatic rings. The summed E-state index contributed by atoms with van der Waals surface area (Å²) in [5.74, 6) is 0.941. The van der Waals surface area contributed by atoms with Gasteiger partial charge in [-0.15, -0.1) is 0 Å². The van der Waals surface area contributed by atoms with Crippen LogP contribution >= 0.6 is 11.6 Å². The molecule has 5 N–H and O–H groups in total. The minimum atomic E-state index is -0.213. The fourth-order valence-electron chi connectivity index (χ4n) is 6.40. The lowest BCUT2D eigenvalue weighted by Crippen LogP contribution is -2.24. The van der Waals surface area contributed by atoms with E-state index in [1.165, 1.54) is 5.69 Å². The number of hydrogen-bond donors (Lipinski definition) is 3. The van der Waals surface area contributed by atoms with E-state index >= 15 is 0 Å². The Labute approximate surface area is 204 Å². The molecule has 34 heavy (non-hydrogen) atoms. The molecule has 0 radical (unpaired) electrons. The van der Waals surface area contributed by atoms with Gasteiger partial charge in [-0.3, -0.25) is 9.59 Å². The van der Waals surface area contributed by atoms with Crippen molar-refractivity contribution in [2.24, 2.45) is 40.6 Å². The number of primary amides is 1. The average molecular weight is 482 g/mol. The number of aromatic nitrogens is 2. The summed E-state index contributed by atoms with van der Waals surface area (Å²) in [7, 11) is 0. The molecule has 0 bridgehead atoms. The first-order valence-corrected chi connectivity index (χ1v) is 12.3. The standard InChI is InChI=1S/C26H32ClN5O2/c1-13(28)21-8-19(22-10-26(2,3)12-32(21)22)18-9-23(30-11-20(18)27)31-25(34)17-6-14-4-16(24(29)33)5-15(14)7-17/h8-9,11,14-17H,1,4-7,10,12,28H2,2-3H3,(H2,29,33)(H,30,31,34)/t14-,15+,16+,17-. The molecule has 5 rings (SSSR count). The van der Waals surface area contributed by atoms with Crippen molar-refractivity contribution in [3.8, 4) is 11.1 Å². The summed E-state index contributed by atoms with van der Waals surface area (Å²) in [6, 6.07) is 3.89. The largest absolute Gasteiger partial charge is 0.398 e. The molecule has 7 nitrogen and oxygen atoms in total. The molecule has 0 spiro atoms. The highest BCUT2D eigenvalue weighted by Crippen LogP contribution is 2.49. The lowest BCUT2D eigenvalue weighted by atomic mass is 9.89. The number of amides is 2.